The maximum atomic E-state index is 12.9. The maximum Gasteiger partial charge on any atom is 0.522 e. The molecule has 7 rings (SSSR count). The van der Waals surface area contributed by atoms with Crippen LogP contribution in [-0.2, 0) is 15.1 Å². The molecule has 0 spiro atoms. The van der Waals surface area contributed by atoms with E-state index >= 15 is 0 Å². The number of fused-ring (bicyclic) bond motifs is 1. The number of aliphatic hydroxyl groups is 1. The van der Waals surface area contributed by atoms with E-state index in [9.17, 15) is 27.9 Å². The molecule has 9 nitrogen and oxygen atoms in total. The van der Waals surface area contributed by atoms with Crippen LogP contribution in [0.15, 0.2) is 30.6 Å². The third-order valence-electron chi connectivity index (χ3n) is 7.47. The molecule has 13 heteroatoms. The van der Waals surface area contributed by atoms with Crippen molar-refractivity contribution in [2.45, 2.75) is 61.4 Å². The number of benzene rings is 1. The van der Waals surface area contributed by atoms with Crippen molar-refractivity contribution >= 4 is 23.4 Å². The van der Waals surface area contributed by atoms with Crippen LogP contribution in [0.4, 0.5) is 13.2 Å². The minimum atomic E-state index is -4.72. The van der Waals surface area contributed by atoms with Crippen LogP contribution in [0.1, 0.15) is 47.7 Å². The molecule has 192 valence electrons. The molecule has 36 heavy (non-hydrogen) atoms. The zero-order valence-electron chi connectivity index (χ0n) is 18.8. The molecule has 4 fully saturated rings. The van der Waals surface area contributed by atoms with Gasteiger partial charge in [-0.2, -0.15) is 5.10 Å². The lowest BCUT2D eigenvalue weighted by molar-refractivity contribution is -0.352. The van der Waals surface area contributed by atoms with Crippen LogP contribution >= 0.6 is 11.6 Å². The minimum absolute atomic E-state index is 0.121. The predicted octanol–water partition coefficient (Wildman–Crippen LogP) is 2.53. The predicted molar refractivity (Wildman–Crippen MR) is 117 cm³/mol. The number of ether oxygens (including phenoxy) is 2. The lowest BCUT2D eigenvalue weighted by Gasteiger charge is -2.70. The number of nitrogens with zero attached hydrogens (tertiary/aromatic N) is 3. The third kappa shape index (κ3) is 3.91. The highest BCUT2D eigenvalue weighted by atomic mass is 35.5. The standard InChI is InChI=1S/C23H22ClF3N4O5/c24-13-1-2-17-15(3-13)16(32)4-18(35-17)19(33)29-21-9-22(10-21,11-21)31-6-12(5-28-31)20(34)30-7-14(8-30)36-23(25,26)27/h1-3,5-6,14,16,18,32H,4,7-11H2,(H,29,33)/t16-,18-,21?,22?/m1/s1. The summed E-state index contributed by atoms with van der Waals surface area (Å²) < 4.78 is 48.3. The zero-order chi connectivity index (χ0) is 25.5. The van der Waals surface area contributed by atoms with E-state index in [0.717, 1.165) is 0 Å². The first kappa shape index (κ1) is 23.6. The number of rotatable bonds is 5. The number of hydrogen-bond donors (Lipinski definition) is 2. The summed E-state index contributed by atoms with van der Waals surface area (Å²) in [5.74, 6) is -0.264. The molecule has 1 saturated heterocycles. The smallest absolute Gasteiger partial charge is 0.480 e. The van der Waals surface area contributed by atoms with Gasteiger partial charge in [-0.05, 0) is 37.5 Å². The van der Waals surface area contributed by atoms with Crippen LogP contribution in [-0.4, -0.2) is 68.8 Å². The fraction of sp³-hybridized carbons (Fsp3) is 0.522. The van der Waals surface area contributed by atoms with Crippen LogP contribution in [0.5, 0.6) is 5.75 Å². The van der Waals surface area contributed by atoms with E-state index in [-0.39, 0.29) is 36.5 Å². The maximum absolute atomic E-state index is 12.9. The Morgan fingerprint density at radius 3 is 2.67 bits per heavy atom. The highest BCUT2D eigenvalue weighted by molar-refractivity contribution is 6.30. The van der Waals surface area contributed by atoms with E-state index < -0.39 is 30.6 Å². The fourth-order valence-corrected chi connectivity index (χ4v) is 5.95. The van der Waals surface area contributed by atoms with Crippen molar-refractivity contribution in [3.05, 3.63) is 46.7 Å². The second-order valence-corrected chi connectivity index (χ2v) is 10.6. The molecule has 2 N–H and O–H groups in total. The zero-order valence-corrected chi connectivity index (χ0v) is 19.6. The van der Waals surface area contributed by atoms with Gasteiger partial charge >= 0.3 is 6.36 Å². The van der Waals surface area contributed by atoms with Crippen molar-refractivity contribution in [1.29, 1.82) is 0 Å². The average molecular weight is 527 g/mol. The third-order valence-corrected chi connectivity index (χ3v) is 7.71. The monoisotopic (exact) mass is 526 g/mol. The molecule has 5 aliphatic rings. The number of halogens is 4. The molecule has 1 aromatic heterocycles. The van der Waals surface area contributed by atoms with E-state index in [1.54, 1.807) is 29.1 Å². The van der Waals surface area contributed by atoms with Gasteiger partial charge in [0.15, 0.2) is 6.10 Å². The Labute approximate surface area is 208 Å². The van der Waals surface area contributed by atoms with E-state index in [0.29, 0.717) is 41.2 Å². The van der Waals surface area contributed by atoms with Crippen LogP contribution in [0.25, 0.3) is 0 Å². The molecule has 2 aliphatic heterocycles. The van der Waals surface area contributed by atoms with Crippen LogP contribution < -0.4 is 10.1 Å². The summed E-state index contributed by atoms with van der Waals surface area (Å²) in [5, 5.41) is 18.3. The second-order valence-electron chi connectivity index (χ2n) is 10.1. The summed E-state index contributed by atoms with van der Waals surface area (Å²) in [5.41, 5.74) is 0.161. The summed E-state index contributed by atoms with van der Waals surface area (Å²) in [6, 6.07) is 4.90. The molecule has 2 amide bonds. The number of nitrogens with one attached hydrogen (secondary N) is 1. The molecule has 0 radical (unpaired) electrons. The molecule has 2 atom stereocenters. The van der Waals surface area contributed by atoms with Crippen LogP contribution in [0.3, 0.4) is 0 Å². The molecule has 2 bridgehead atoms. The summed E-state index contributed by atoms with van der Waals surface area (Å²) in [7, 11) is 0. The largest absolute Gasteiger partial charge is 0.522 e. The molecule has 3 heterocycles. The molecule has 3 aliphatic carbocycles. The van der Waals surface area contributed by atoms with Crippen molar-refractivity contribution in [2.75, 3.05) is 13.1 Å². The minimum Gasteiger partial charge on any atom is -0.480 e. The first-order valence-corrected chi connectivity index (χ1v) is 11.9. The molecular formula is C23H22ClF3N4O5. The second kappa shape index (κ2) is 7.83. The highest BCUT2D eigenvalue weighted by Crippen LogP contribution is 2.65. The topological polar surface area (TPSA) is 106 Å². The molecule has 2 aromatic rings. The fourth-order valence-electron chi connectivity index (χ4n) is 5.77. The van der Waals surface area contributed by atoms with E-state index in [4.69, 9.17) is 16.3 Å². The summed E-state index contributed by atoms with van der Waals surface area (Å²) >= 11 is 5.98. The number of alkyl halides is 3. The number of amides is 2. The average Bonchev–Trinajstić information content (AvgIpc) is 3.21. The number of hydrogen-bond acceptors (Lipinski definition) is 6. The van der Waals surface area contributed by atoms with Crippen molar-refractivity contribution in [1.82, 2.24) is 20.0 Å². The number of carbonyl (C=O) groups is 2. The first-order valence-electron chi connectivity index (χ1n) is 11.5. The van der Waals surface area contributed by atoms with Crippen molar-refractivity contribution in [3.8, 4) is 5.75 Å². The van der Waals surface area contributed by atoms with Crippen LogP contribution in [0.2, 0.25) is 5.02 Å². The number of carbonyl (C=O) groups excluding carboxylic acids is 2. The Balaban J connectivity index is 1.02. The van der Waals surface area contributed by atoms with Gasteiger partial charge in [-0.25, -0.2) is 0 Å². The Kier molecular flexibility index (Phi) is 5.13. The van der Waals surface area contributed by atoms with Gasteiger partial charge in [-0.1, -0.05) is 11.6 Å². The Morgan fingerprint density at radius 2 is 1.97 bits per heavy atom. The van der Waals surface area contributed by atoms with Gasteiger partial charge in [0.1, 0.15) is 11.9 Å². The molecule has 1 aromatic carbocycles. The normalized spacial score (nSPS) is 30.9. The van der Waals surface area contributed by atoms with E-state index in [1.165, 1.54) is 11.1 Å². The van der Waals surface area contributed by atoms with Crippen molar-refractivity contribution in [2.24, 2.45) is 0 Å². The van der Waals surface area contributed by atoms with Gasteiger partial charge in [0.05, 0.1) is 23.4 Å². The van der Waals surface area contributed by atoms with E-state index in [1.807, 2.05) is 0 Å². The summed E-state index contributed by atoms with van der Waals surface area (Å²) in [6.45, 7) is -0.251. The summed E-state index contributed by atoms with van der Waals surface area (Å²) in [4.78, 5) is 26.7. The van der Waals surface area contributed by atoms with E-state index in [2.05, 4.69) is 15.2 Å². The van der Waals surface area contributed by atoms with Gasteiger partial charge in [0.25, 0.3) is 11.8 Å². The first-order chi connectivity index (χ1) is 16.9. The summed E-state index contributed by atoms with van der Waals surface area (Å²) in [6.07, 6.45) is -2.42. The highest BCUT2D eigenvalue weighted by Gasteiger charge is 2.70. The molecule has 3 saturated carbocycles. The van der Waals surface area contributed by atoms with Gasteiger partial charge in [-0.15, -0.1) is 13.2 Å². The van der Waals surface area contributed by atoms with Gasteiger partial charge in [-0.3, -0.25) is 19.0 Å². The Hall–Kier alpha value is -2.83. The number of aliphatic hydroxyl groups excluding tert-OH is 1. The van der Waals surface area contributed by atoms with Gasteiger partial charge < -0.3 is 20.1 Å². The van der Waals surface area contributed by atoms with Crippen LogP contribution in [0, 0.1) is 0 Å². The van der Waals surface area contributed by atoms with Gasteiger partial charge in [0.2, 0.25) is 0 Å². The number of likely N-dealkylation sites (tertiary alicyclic amines) is 1. The van der Waals surface area contributed by atoms with Crippen molar-refractivity contribution < 1.29 is 37.3 Å². The molecular weight excluding hydrogens is 505 g/mol. The quantitative estimate of drug-likeness (QED) is 0.620. The van der Waals surface area contributed by atoms with Crippen molar-refractivity contribution in [3.63, 3.8) is 0 Å². The lowest BCUT2D eigenvalue weighted by atomic mass is 9.44. The lowest BCUT2D eigenvalue weighted by Crippen LogP contribution is -2.79. The Morgan fingerprint density at radius 1 is 1.25 bits per heavy atom. The van der Waals surface area contributed by atoms with Gasteiger partial charge in [0, 0.05) is 41.8 Å². The SMILES string of the molecule is O=C(NC12CC(n3cc(C(=O)N4CC(OC(F)(F)F)C4)cn3)(C1)C2)[C@H]1C[C@@H](O)c2cc(Cl)ccc2O1. The molecule has 0 unspecified atom stereocenters. The Bertz CT molecular complexity index is 1220. The number of aromatic nitrogens is 2.